The number of aromatic nitrogens is 2. The van der Waals surface area contributed by atoms with Crippen molar-refractivity contribution in [2.75, 3.05) is 5.43 Å². The van der Waals surface area contributed by atoms with Crippen molar-refractivity contribution < 1.29 is 4.42 Å². The smallest absolute Gasteiger partial charge is 0.176 e. The molecule has 0 fully saturated rings. The first kappa shape index (κ1) is 10.5. The van der Waals surface area contributed by atoms with Gasteiger partial charge in [-0.05, 0) is 12.1 Å². The van der Waals surface area contributed by atoms with Crippen LogP contribution in [0.15, 0.2) is 58.4 Å². The average Bonchev–Trinajstić information content (AvgIpc) is 2.92. The van der Waals surface area contributed by atoms with E-state index in [0.717, 1.165) is 10.8 Å². The van der Waals surface area contributed by atoms with Crippen LogP contribution >= 0.6 is 0 Å². The van der Waals surface area contributed by atoms with Crippen LogP contribution < -0.4 is 5.43 Å². The molecular formula is C13H10N4O. The SMILES string of the molecule is C(=N\Nc1nncc2ccccc12)/c1ccco1. The molecule has 0 amide bonds. The van der Waals surface area contributed by atoms with Crippen LogP contribution in [0.4, 0.5) is 5.82 Å². The number of benzene rings is 1. The van der Waals surface area contributed by atoms with Gasteiger partial charge in [0.15, 0.2) is 5.82 Å². The fourth-order valence-corrected chi connectivity index (χ4v) is 1.63. The zero-order valence-corrected chi connectivity index (χ0v) is 9.45. The third-order valence-corrected chi connectivity index (χ3v) is 2.48. The predicted octanol–water partition coefficient (Wildman–Crippen LogP) is 2.67. The van der Waals surface area contributed by atoms with Gasteiger partial charge in [0.1, 0.15) is 5.76 Å². The molecule has 0 aliphatic rings. The number of anilines is 1. The molecule has 1 N–H and O–H groups in total. The Bertz CT molecular complexity index is 671. The molecule has 88 valence electrons. The summed E-state index contributed by atoms with van der Waals surface area (Å²) in [6, 6.07) is 11.5. The maximum Gasteiger partial charge on any atom is 0.176 e. The van der Waals surface area contributed by atoms with Gasteiger partial charge in [0, 0.05) is 10.8 Å². The van der Waals surface area contributed by atoms with Crippen LogP contribution in [0.1, 0.15) is 5.76 Å². The van der Waals surface area contributed by atoms with Gasteiger partial charge in [-0.2, -0.15) is 10.2 Å². The molecule has 0 bridgehead atoms. The molecule has 0 spiro atoms. The predicted molar refractivity (Wildman–Crippen MR) is 69.5 cm³/mol. The first-order chi connectivity index (χ1) is 8.93. The van der Waals surface area contributed by atoms with E-state index in [4.69, 9.17) is 4.42 Å². The molecule has 0 atom stereocenters. The molecule has 0 aliphatic heterocycles. The Labute approximate surface area is 103 Å². The summed E-state index contributed by atoms with van der Waals surface area (Å²) in [5, 5.41) is 14.0. The standard InChI is InChI=1S/C13H10N4O/c1-2-6-12-10(4-1)8-14-16-13(12)17-15-9-11-5-3-7-18-11/h1-9H,(H,16,17)/b15-9+. The third-order valence-electron chi connectivity index (χ3n) is 2.48. The molecule has 1 aromatic carbocycles. The molecule has 5 heteroatoms. The quantitative estimate of drug-likeness (QED) is 0.562. The third kappa shape index (κ3) is 2.06. The molecule has 0 aliphatic carbocycles. The van der Waals surface area contributed by atoms with Gasteiger partial charge in [-0.1, -0.05) is 24.3 Å². The van der Waals surface area contributed by atoms with E-state index in [0.29, 0.717) is 11.6 Å². The summed E-state index contributed by atoms with van der Waals surface area (Å²) in [5.41, 5.74) is 2.86. The zero-order chi connectivity index (χ0) is 12.2. The number of hydrogen-bond donors (Lipinski definition) is 1. The molecule has 5 nitrogen and oxygen atoms in total. The van der Waals surface area contributed by atoms with Crippen molar-refractivity contribution in [1.82, 2.24) is 10.2 Å². The summed E-state index contributed by atoms with van der Waals surface area (Å²) >= 11 is 0. The second-order valence-corrected chi connectivity index (χ2v) is 3.67. The van der Waals surface area contributed by atoms with E-state index in [9.17, 15) is 0 Å². The van der Waals surface area contributed by atoms with Crippen molar-refractivity contribution >= 4 is 22.8 Å². The largest absolute Gasteiger partial charge is 0.463 e. The lowest BCUT2D eigenvalue weighted by atomic mass is 10.2. The number of furan rings is 1. The van der Waals surface area contributed by atoms with Crippen molar-refractivity contribution in [1.29, 1.82) is 0 Å². The van der Waals surface area contributed by atoms with Crippen LogP contribution in [0.3, 0.4) is 0 Å². The first-order valence-electron chi connectivity index (χ1n) is 5.46. The summed E-state index contributed by atoms with van der Waals surface area (Å²) in [6.45, 7) is 0. The van der Waals surface area contributed by atoms with Crippen LogP contribution in [0.25, 0.3) is 10.8 Å². The van der Waals surface area contributed by atoms with Gasteiger partial charge in [-0.25, -0.2) is 0 Å². The Morgan fingerprint density at radius 3 is 3.00 bits per heavy atom. The Morgan fingerprint density at radius 1 is 1.17 bits per heavy atom. The summed E-state index contributed by atoms with van der Waals surface area (Å²) in [7, 11) is 0. The van der Waals surface area contributed by atoms with Crippen molar-refractivity contribution in [3.8, 4) is 0 Å². The van der Waals surface area contributed by atoms with Crippen LogP contribution in [0, 0.1) is 0 Å². The van der Waals surface area contributed by atoms with Gasteiger partial charge in [-0.3, -0.25) is 5.43 Å². The lowest BCUT2D eigenvalue weighted by Gasteiger charge is -2.02. The van der Waals surface area contributed by atoms with E-state index in [-0.39, 0.29) is 0 Å². The first-order valence-corrected chi connectivity index (χ1v) is 5.46. The van der Waals surface area contributed by atoms with Gasteiger partial charge in [0.25, 0.3) is 0 Å². The van der Waals surface area contributed by atoms with Crippen LogP contribution in [-0.2, 0) is 0 Å². The molecule has 2 heterocycles. The van der Waals surface area contributed by atoms with E-state index >= 15 is 0 Å². The van der Waals surface area contributed by atoms with Gasteiger partial charge < -0.3 is 4.42 Å². The molecule has 3 rings (SSSR count). The minimum Gasteiger partial charge on any atom is -0.463 e. The van der Waals surface area contributed by atoms with Gasteiger partial charge >= 0.3 is 0 Å². The lowest BCUT2D eigenvalue weighted by molar-refractivity contribution is 0.560. The molecular weight excluding hydrogens is 228 g/mol. The van der Waals surface area contributed by atoms with Crippen molar-refractivity contribution in [2.24, 2.45) is 5.10 Å². The highest BCUT2D eigenvalue weighted by Gasteiger charge is 2.00. The van der Waals surface area contributed by atoms with Crippen molar-refractivity contribution in [2.45, 2.75) is 0 Å². The van der Waals surface area contributed by atoms with Crippen LogP contribution in [-0.4, -0.2) is 16.4 Å². The number of rotatable bonds is 3. The summed E-state index contributed by atoms with van der Waals surface area (Å²) < 4.78 is 5.13. The van der Waals surface area contributed by atoms with E-state index in [2.05, 4.69) is 20.7 Å². The second kappa shape index (κ2) is 4.67. The molecule has 18 heavy (non-hydrogen) atoms. The molecule has 0 saturated carbocycles. The number of hydrazone groups is 1. The fourth-order valence-electron chi connectivity index (χ4n) is 1.63. The number of fused-ring (bicyclic) bond motifs is 1. The molecule has 3 aromatic rings. The summed E-state index contributed by atoms with van der Waals surface area (Å²) in [6.07, 6.45) is 4.90. The minimum absolute atomic E-state index is 0.621. The Hall–Kier alpha value is -2.69. The monoisotopic (exact) mass is 238 g/mol. The topological polar surface area (TPSA) is 63.3 Å². The minimum atomic E-state index is 0.621. The highest BCUT2D eigenvalue weighted by molar-refractivity contribution is 5.91. The number of nitrogens with zero attached hydrogens (tertiary/aromatic N) is 3. The van der Waals surface area contributed by atoms with E-state index in [1.807, 2.05) is 30.3 Å². The molecule has 0 unspecified atom stereocenters. The Balaban J connectivity index is 1.87. The molecule has 2 aromatic heterocycles. The van der Waals surface area contributed by atoms with E-state index in [1.165, 1.54) is 0 Å². The second-order valence-electron chi connectivity index (χ2n) is 3.67. The zero-order valence-electron chi connectivity index (χ0n) is 9.45. The normalized spacial score (nSPS) is 11.1. The highest BCUT2D eigenvalue weighted by Crippen LogP contribution is 2.18. The highest BCUT2D eigenvalue weighted by atomic mass is 16.3. The van der Waals surface area contributed by atoms with Crippen molar-refractivity contribution in [3.63, 3.8) is 0 Å². The van der Waals surface area contributed by atoms with E-state index in [1.54, 1.807) is 24.7 Å². The van der Waals surface area contributed by atoms with Gasteiger partial charge in [0.05, 0.1) is 18.7 Å². The number of hydrogen-bond acceptors (Lipinski definition) is 5. The maximum atomic E-state index is 5.13. The average molecular weight is 238 g/mol. The van der Waals surface area contributed by atoms with Crippen LogP contribution in [0.2, 0.25) is 0 Å². The summed E-state index contributed by atoms with van der Waals surface area (Å²) in [5.74, 6) is 1.30. The molecule has 0 radical (unpaired) electrons. The Kier molecular flexibility index (Phi) is 2.71. The van der Waals surface area contributed by atoms with Gasteiger partial charge in [-0.15, -0.1) is 5.10 Å². The van der Waals surface area contributed by atoms with Crippen molar-refractivity contribution in [3.05, 3.63) is 54.6 Å². The lowest BCUT2D eigenvalue weighted by Crippen LogP contribution is -1.96. The fraction of sp³-hybridized carbons (Fsp3) is 0. The maximum absolute atomic E-state index is 5.13. The molecule has 0 saturated heterocycles. The van der Waals surface area contributed by atoms with E-state index < -0.39 is 0 Å². The van der Waals surface area contributed by atoms with Gasteiger partial charge in [0.2, 0.25) is 0 Å². The Morgan fingerprint density at radius 2 is 2.11 bits per heavy atom. The summed E-state index contributed by atoms with van der Waals surface area (Å²) in [4.78, 5) is 0. The van der Waals surface area contributed by atoms with Crippen LogP contribution in [0.5, 0.6) is 0 Å². The number of nitrogens with one attached hydrogen (secondary N) is 1.